The Kier molecular flexibility index (Phi) is 6.31. The Bertz CT molecular complexity index is 855. The second-order valence-electron chi connectivity index (χ2n) is 4.90. The highest BCUT2D eigenvalue weighted by Gasteiger charge is 2.11. The van der Waals surface area contributed by atoms with E-state index in [0.717, 1.165) is 11.8 Å². The van der Waals surface area contributed by atoms with E-state index >= 15 is 0 Å². The number of benzene rings is 1. The molecule has 9 nitrogen and oxygen atoms in total. The Labute approximate surface area is 152 Å². The van der Waals surface area contributed by atoms with Gasteiger partial charge >= 0.3 is 0 Å². The topological polar surface area (TPSA) is 137 Å². The van der Waals surface area contributed by atoms with Crippen LogP contribution in [0.25, 0.3) is 0 Å². The SMILES string of the molecule is N=Cc1nc(NCc2ccc(Cl)c(Cl)c2)[nH]c(=O)c1NCC[N+](=O)[O-]. The summed E-state index contributed by atoms with van der Waals surface area (Å²) in [5.41, 5.74) is 0.371. The van der Waals surface area contributed by atoms with Gasteiger partial charge in [-0.3, -0.25) is 19.9 Å². The highest BCUT2D eigenvalue weighted by molar-refractivity contribution is 6.42. The lowest BCUT2D eigenvalue weighted by atomic mass is 10.2. The van der Waals surface area contributed by atoms with Crippen molar-refractivity contribution in [2.45, 2.75) is 6.54 Å². The van der Waals surface area contributed by atoms with Crippen molar-refractivity contribution in [1.82, 2.24) is 9.97 Å². The third-order valence-corrected chi connectivity index (χ3v) is 3.86. The number of hydrogen-bond donors (Lipinski definition) is 4. The Morgan fingerprint density at radius 1 is 1.32 bits per heavy atom. The minimum atomic E-state index is -0.534. The Balaban J connectivity index is 2.12. The number of aromatic amines is 1. The summed E-state index contributed by atoms with van der Waals surface area (Å²) in [7, 11) is 0. The summed E-state index contributed by atoms with van der Waals surface area (Å²) in [4.78, 5) is 28.5. The molecule has 0 aliphatic carbocycles. The molecule has 1 aromatic carbocycles. The van der Waals surface area contributed by atoms with Gasteiger partial charge < -0.3 is 16.0 Å². The molecule has 0 saturated heterocycles. The smallest absolute Gasteiger partial charge is 0.276 e. The summed E-state index contributed by atoms with van der Waals surface area (Å²) in [5, 5.41) is 24.1. The third kappa shape index (κ3) is 5.16. The standard InChI is InChI=1S/C14H14Cl2N6O3/c15-9-2-1-8(5-10(9)16)7-19-14-20-11(6-17)12(13(23)21-14)18-3-4-22(24)25/h1-2,5-6,17-18H,3-4,7H2,(H2,19,20,21,23). The molecule has 0 atom stereocenters. The average Bonchev–Trinajstić information content (AvgIpc) is 2.57. The van der Waals surface area contributed by atoms with Gasteiger partial charge in [0.2, 0.25) is 12.5 Å². The molecular formula is C14H14Cl2N6O3. The minimum absolute atomic E-state index is 0.0111. The van der Waals surface area contributed by atoms with E-state index in [2.05, 4.69) is 20.6 Å². The van der Waals surface area contributed by atoms with Crippen molar-refractivity contribution in [2.75, 3.05) is 23.7 Å². The van der Waals surface area contributed by atoms with Crippen LogP contribution in [-0.4, -0.2) is 34.2 Å². The lowest BCUT2D eigenvalue weighted by Gasteiger charge is -2.10. The highest BCUT2D eigenvalue weighted by atomic mass is 35.5. The second kappa shape index (κ2) is 8.45. The molecule has 4 N–H and O–H groups in total. The van der Waals surface area contributed by atoms with Crippen LogP contribution in [0.15, 0.2) is 23.0 Å². The molecule has 0 spiro atoms. The van der Waals surface area contributed by atoms with Crippen LogP contribution in [0.2, 0.25) is 10.0 Å². The van der Waals surface area contributed by atoms with Gasteiger partial charge in [-0.1, -0.05) is 29.3 Å². The number of anilines is 2. The first-order valence-corrected chi connectivity index (χ1v) is 7.84. The molecule has 0 aliphatic heterocycles. The fraction of sp³-hybridized carbons (Fsp3) is 0.214. The number of nitro groups is 1. The van der Waals surface area contributed by atoms with Crippen LogP contribution in [-0.2, 0) is 6.54 Å². The predicted molar refractivity (Wildman–Crippen MR) is 96.9 cm³/mol. The van der Waals surface area contributed by atoms with Crippen LogP contribution >= 0.6 is 23.2 Å². The monoisotopic (exact) mass is 384 g/mol. The molecule has 0 fully saturated rings. The first-order chi connectivity index (χ1) is 11.9. The molecule has 11 heteroatoms. The maximum Gasteiger partial charge on any atom is 0.276 e. The number of H-pyrrole nitrogens is 1. The molecule has 25 heavy (non-hydrogen) atoms. The van der Waals surface area contributed by atoms with Gasteiger partial charge in [0.25, 0.3) is 5.56 Å². The molecule has 0 amide bonds. The van der Waals surface area contributed by atoms with Gasteiger partial charge in [0.15, 0.2) is 0 Å². The lowest BCUT2D eigenvalue weighted by molar-refractivity contribution is -0.476. The summed E-state index contributed by atoms with van der Waals surface area (Å²) in [6, 6.07) is 5.10. The van der Waals surface area contributed by atoms with E-state index in [9.17, 15) is 14.9 Å². The van der Waals surface area contributed by atoms with Crippen molar-refractivity contribution in [1.29, 1.82) is 5.41 Å². The van der Waals surface area contributed by atoms with E-state index in [-0.39, 0.29) is 30.4 Å². The van der Waals surface area contributed by atoms with Gasteiger partial charge in [0.1, 0.15) is 11.4 Å². The summed E-state index contributed by atoms with van der Waals surface area (Å²) in [5.74, 6) is 0.161. The van der Waals surface area contributed by atoms with Crippen LogP contribution in [0, 0.1) is 15.5 Å². The Hall–Kier alpha value is -2.65. The van der Waals surface area contributed by atoms with Crippen molar-refractivity contribution >= 4 is 41.1 Å². The maximum absolute atomic E-state index is 12.1. The minimum Gasteiger partial charge on any atom is -0.372 e. The summed E-state index contributed by atoms with van der Waals surface area (Å²) in [6.07, 6.45) is 0.897. The molecule has 0 bridgehead atoms. The van der Waals surface area contributed by atoms with Crippen molar-refractivity contribution < 1.29 is 4.92 Å². The summed E-state index contributed by atoms with van der Waals surface area (Å²) >= 11 is 11.8. The zero-order chi connectivity index (χ0) is 18.4. The molecular weight excluding hydrogens is 371 g/mol. The normalized spacial score (nSPS) is 10.3. The van der Waals surface area contributed by atoms with Gasteiger partial charge in [0, 0.05) is 17.7 Å². The van der Waals surface area contributed by atoms with Gasteiger partial charge in [-0.2, -0.15) is 0 Å². The summed E-state index contributed by atoms with van der Waals surface area (Å²) in [6.45, 7) is -0.0752. The fourth-order valence-electron chi connectivity index (χ4n) is 1.96. The highest BCUT2D eigenvalue weighted by Crippen LogP contribution is 2.22. The molecule has 2 rings (SSSR count). The van der Waals surface area contributed by atoms with Crippen molar-refractivity contribution in [3.05, 3.63) is 60.0 Å². The van der Waals surface area contributed by atoms with Crippen molar-refractivity contribution in [3.8, 4) is 0 Å². The van der Waals surface area contributed by atoms with E-state index in [4.69, 9.17) is 28.6 Å². The number of rotatable bonds is 8. The van der Waals surface area contributed by atoms with Crippen LogP contribution < -0.4 is 16.2 Å². The first-order valence-electron chi connectivity index (χ1n) is 7.09. The Morgan fingerprint density at radius 2 is 2.08 bits per heavy atom. The molecule has 2 aromatic rings. The fourth-order valence-corrected chi connectivity index (χ4v) is 2.28. The number of hydrogen-bond acceptors (Lipinski definition) is 7. The zero-order valence-corrected chi connectivity index (χ0v) is 14.3. The lowest BCUT2D eigenvalue weighted by Crippen LogP contribution is -2.23. The number of nitrogens with one attached hydrogen (secondary N) is 4. The molecule has 0 radical (unpaired) electrons. The molecule has 0 saturated carbocycles. The third-order valence-electron chi connectivity index (χ3n) is 3.12. The molecule has 1 heterocycles. The number of aromatic nitrogens is 2. The van der Waals surface area contributed by atoms with E-state index in [1.54, 1.807) is 18.2 Å². The van der Waals surface area contributed by atoms with Gasteiger partial charge in [-0.05, 0) is 17.7 Å². The Morgan fingerprint density at radius 3 is 2.72 bits per heavy atom. The molecule has 1 aromatic heterocycles. The second-order valence-corrected chi connectivity index (χ2v) is 5.72. The van der Waals surface area contributed by atoms with Crippen LogP contribution in [0.1, 0.15) is 11.3 Å². The van der Waals surface area contributed by atoms with E-state index in [0.29, 0.717) is 16.6 Å². The van der Waals surface area contributed by atoms with Gasteiger partial charge in [-0.15, -0.1) is 0 Å². The van der Waals surface area contributed by atoms with E-state index in [1.165, 1.54) is 0 Å². The first kappa shape index (κ1) is 18.7. The molecule has 132 valence electrons. The number of nitrogens with zero attached hydrogens (tertiary/aromatic N) is 2. The molecule has 0 unspecified atom stereocenters. The summed E-state index contributed by atoms with van der Waals surface area (Å²) < 4.78 is 0. The van der Waals surface area contributed by atoms with Crippen molar-refractivity contribution in [3.63, 3.8) is 0 Å². The average molecular weight is 385 g/mol. The maximum atomic E-state index is 12.1. The van der Waals surface area contributed by atoms with E-state index in [1.807, 2.05) is 0 Å². The largest absolute Gasteiger partial charge is 0.372 e. The zero-order valence-electron chi connectivity index (χ0n) is 12.8. The van der Waals surface area contributed by atoms with Gasteiger partial charge in [0.05, 0.1) is 16.6 Å². The van der Waals surface area contributed by atoms with Gasteiger partial charge in [-0.25, -0.2) is 4.98 Å². The van der Waals surface area contributed by atoms with Crippen LogP contribution in [0.3, 0.4) is 0 Å². The van der Waals surface area contributed by atoms with Crippen LogP contribution in [0.5, 0.6) is 0 Å². The van der Waals surface area contributed by atoms with E-state index < -0.39 is 10.5 Å². The quantitative estimate of drug-likeness (QED) is 0.313. The molecule has 0 aliphatic rings. The number of halogens is 2. The predicted octanol–water partition coefficient (Wildman–Crippen LogP) is 2.38. The van der Waals surface area contributed by atoms with Crippen LogP contribution in [0.4, 0.5) is 11.6 Å². The van der Waals surface area contributed by atoms with Crippen molar-refractivity contribution in [2.24, 2.45) is 0 Å².